The fourth-order valence-corrected chi connectivity index (χ4v) is 4.38. The summed E-state index contributed by atoms with van der Waals surface area (Å²) >= 11 is 4.64. The highest BCUT2D eigenvalue weighted by Crippen LogP contribution is 2.30. The van der Waals surface area contributed by atoms with Crippen LogP contribution in [-0.2, 0) is 0 Å². The van der Waals surface area contributed by atoms with Crippen molar-refractivity contribution in [1.29, 1.82) is 0 Å². The van der Waals surface area contributed by atoms with Gasteiger partial charge in [0.05, 0.1) is 18.7 Å². The first kappa shape index (κ1) is 24.4. The van der Waals surface area contributed by atoms with E-state index in [4.69, 9.17) is 9.47 Å². The number of carbonyl (C=O) groups is 1. The van der Waals surface area contributed by atoms with Crippen LogP contribution < -0.4 is 9.47 Å². The molecule has 0 saturated carbocycles. The molecule has 5 rings (SSSR count). The number of halogens is 1. The SMILES string of the molecule is COc1ccccc1-c1cccc(-n2cnc(C(=O)c3nccs3)c2)c1.COc1ccccc1Br. The molecule has 0 aliphatic heterocycles. The highest BCUT2D eigenvalue weighted by molar-refractivity contribution is 9.10. The van der Waals surface area contributed by atoms with E-state index >= 15 is 0 Å². The van der Waals surface area contributed by atoms with Crippen molar-refractivity contribution in [2.24, 2.45) is 0 Å². The van der Waals surface area contributed by atoms with Crippen LogP contribution in [0.4, 0.5) is 0 Å². The van der Waals surface area contributed by atoms with Gasteiger partial charge < -0.3 is 14.0 Å². The number of ketones is 1. The van der Waals surface area contributed by atoms with Crippen LogP contribution in [0.3, 0.4) is 0 Å². The number of hydrogen-bond donors (Lipinski definition) is 0. The first-order chi connectivity index (χ1) is 17.1. The number of imidazole rings is 1. The molecule has 0 radical (unpaired) electrons. The van der Waals surface area contributed by atoms with E-state index in [2.05, 4.69) is 25.9 Å². The molecule has 0 spiro atoms. The maximum Gasteiger partial charge on any atom is 0.241 e. The molecule has 0 atom stereocenters. The largest absolute Gasteiger partial charge is 0.496 e. The van der Waals surface area contributed by atoms with Gasteiger partial charge in [-0.2, -0.15) is 0 Å². The van der Waals surface area contributed by atoms with Crippen molar-refractivity contribution in [2.75, 3.05) is 14.2 Å². The molecule has 0 aliphatic rings. The van der Waals surface area contributed by atoms with Crippen molar-refractivity contribution in [3.8, 4) is 28.3 Å². The van der Waals surface area contributed by atoms with E-state index in [1.807, 2.05) is 77.4 Å². The van der Waals surface area contributed by atoms with E-state index in [0.717, 1.165) is 32.8 Å². The minimum atomic E-state index is -0.167. The average Bonchev–Trinajstić information content (AvgIpc) is 3.62. The second-order valence-corrected chi connectivity index (χ2v) is 8.97. The number of methoxy groups -OCH3 is 2. The van der Waals surface area contributed by atoms with Gasteiger partial charge in [-0.15, -0.1) is 11.3 Å². The van der Waals surface area contributed by atoms with Gasteiger partial charge >= 0.3 is 0 Å². The van der Waals surface area contributed by atoms with Gasteiger partial charge in [0.15, 0.2) is 5.01 Å². The molecule has 0 saturated heterocycles. The summed E-state index contributed by atoms with van der Waals surface area (Å²) in [5.41, 5.74) is 3.33. The second-order valence-electron chi connectivity index (χ2n) is 7.22. The third-order valence-corrected chi connectivity index (χ3v) is 6.49. The Morgan fingerprint density at radius 1 is 0.914 bits per heavy atom. The standard InChI is InChI=1S/C20H15N3O2S.C7H7BrO/c1-25-18-8-3-2-7-16(18)14-5-4-6-15(11-14)23-12-17(22-13-23)19(24)20-21-9-10-26-20;1-9-7-5-3-2-4-6(7)8/h2-13H,1H3;2-5H,1H3. The number of para-hydroxylation sites is 2. The summed E-state index contributed by atoms with van der Waals surface area (Å²) in [5.74, 6) is 1.52. The first-order valence-electron chi connectivity index (χ1n) is 10.6. The highest BCUT2D eigenvalue weighted by Gasteiger charge is 2.15. The van der Waals surface area contributed by atoms with E-state index in [0.29, 0.717) is 10.7 Å². The van der Waals surface area contributed by atoms with Gasteiger partial charge in [-0.05, 0) is 51.8 Å². The molecular formula is C27H22BrN3O3S. The van der Waals surface area contributed by atoms with E-state index in [1.54, 1.807) is 38.3 Å². The molecule has 6 nitrogen and oxygen atoms in total. The second kappa shape index (κ2) is 11.6. The van der Waals surface area contributed by atoms with Crippen molar-refractivity contribution < 1.29 is 14.3 Å². The van der Waals surface area contributed by atoms with Gasteiger partial charge in [0, 0.05) is 29.0 Å². The monoisotopic (exact) mass is 547 g/mol. The fourth-order valence-electron chi connectivity index (χ4n) is 3.35. The van der Waals surface area contributed by atoms with Crippen molar-refractivity contribution in [3.63, 3.8) is 0 Å². The lowest BCUT2D eigenvalue weighted by Gasteiger charge is -2.10. The summed E-state index contributed by atoms with van der Waals surface area (Å²) in [4.78, 5) is 20.7. The van der Waals surface area contributed by atoms with E-state index in [-0.39, 0.29) is 5.78 Å². The van der Waals surface area contributed by atoms with Crippen LogP contribution in [0.1, 0.15) is 15.5 Å². The van der Waals surface area contributed by atoms with Crippen LogP contribution in [0.25, 0.3) is 16.8 Å². The number of ether oxygens (including phenoxy) is 2. The Kier molecular flexibility index (Phi) is 8.07. The molecule has 0 unspecified atom stereocenters. The normalized spacial score (nSPS) is 10.3. The molecule has 0 amide bonds. The third-order valence-electron chi connectivity index (χ3n) is 5.06. The molecule has 0 fully saturated rings. The molecule has 0 aliphatic carbocycles. The molecule has 2 aromatic heterocycles. The minimum absolute atomic E-state index is 0.167. The Bertz CT molecular complexity index is 1420. The number of aromatic nitrogens is 3. The zero-order valence-electron chi connectivity index (χ0n) is 19.1. The number of hydrogen-bond acceptors (Lipinski definition) is 6. The summed E-state index contributed by atoms with van der Waals surface area (Å²) in [7, 11) is 3.31. The fraction of sp³-hybridized carbons (Fsp3) is 0.0741. The molecule has 35 heavy (non-hydrogen) atoms. The summed E-state index contributed by atoms with van der Waals surface area (Å²) in [6.07, 6.45) is 4.98. The molecule has 0 bridgehead atoms. The van der Waals surface area contributed by atoms with Gasteiger partial charge in [0.1, 0.15) is 23.5 Å². The Morgan fingerprint density at radius 2 is 1.66 bits per heavy atom. The highest BCUT2D eigenvalue weighted by atomic mass is 79.9. The number of thiazole rings is 1. The Hall–Kier alpha value is -3.75. The number of carbonyl (C=O) groups excluding carboxylic acids is 1. The molecule has 3 aromatic carbocycles. The van der Waals surface area contributed by atoms with Crippen molar-refractivity contribution >= 4 is 33.0 Å². The van der Waals surface area contributed by atoms with Crippen molar-refractivity contribution in [1.82, 2.24) is 14.5 Å². The van der Waals surface area contributed by atoms with E-state index in [9.17, 15) is 4.79 Å². The van der Waals surface area contributed by atoms with Crippen molar-refractivity contribution in [3.05, 3.63) is 112 Å². The quantitative estimate of drug-likeness (QED) is 0.221. The predicted molar refractivity (Wildman–Crippen MR) is 142 cm³/mol. The van der Waals surface area contributed by atoms with Gasteiger partial charge in [-0.3, -0.25) is 4.79 Å². The summed E-state index contributed by atoms with van der Waals surface area (Å²) in [6.45, 7) is 0. The molecule has 2 heterocycles. The lowest BCUT2D eigenvalue weighted by Crippen LogP contribution is -2.00. The van der Waals surface area contributed by atoms with Crippen LogP contribution >= 0.6 is 27.3 Å². The third kappa shape index (κ3) is 5.85. The van der Waals surface area contributed by atoms with Crippen LogP contribution in [-0.4, -0.2) is 34.5 Å². The average molecular weight is 548 g/mol. The lowest BCUT2D eigenvalue weighted by atomic mass is 10.0. The van der Waals surface area contributed by atoms with Crippen LogP contribution in [0, 0.1) is 0 Å². The Balaban J connectivity index is 0.000000271. The molecular weight excluding hydrogens is 526 g/mol. The van der Waals surface area contributed by atoms with Gasteiger partial charge in [-0.1, -0.05) is 42.5 Å². The topological polar surface area (TPSA) is 66.2 Å². The number of nitrogens with zero attached hydrogens (tertiary/aromatic N) is 3. The molecule has 5 aromatic rings. The molecule has 176 valence electrons. The van der Waals surface area contributed by atoms with Gasteiger partial charge in [0.2, 0.25) is 5.78 Å². The van der Waals surface area contributed by atoms with Crippen LogP contribution in [0.5, 0.6) is 11.5 Å². The first-order valence-corrected chi connectivity index (χ1v) is 12.3. The molecule has 0 N–H and O–H groups in total. The predicted octanol–water partition coefficient (Wildman–Crippen LogP) is 6.69. The number of benzene rings is 3. The zero-order chi connectivity index (χ0) is 24.6. The van der Waals surface area contributed by atoms with Crippen molar-refractivity contribution in [2.45, 2.75) is 0 Å². The summed E-state index contributed by atoms with van der Waals surface area (Å²) < 4.78 is 13.3. The zero-order valence-corrected chi connectivity index (χ0v) is 21.5. The summed E-state index contributed by atoms with van der Waals surface area (Å²) in [6, 6.07) is 23.6. The van der Waals surface area contributed by atoms with E-state index in [1.165, 1.54) is 11.3 Å². The smallest absolute Gasteiger partial charge is 0.241 e. The maximum atomic E-state index is 12.4. The molecule has 8 heteroatoms. The van der Waals surface area contributed by atoms with E-state index < -0.39 is 0 Å². The minimum Gasteiger partial charge on any atom is -0.496 e. The van der Waals surface area contributed by atoms with Gasteiger partial charge in [0.25, 0.3) is 0 Å². The summed E-state index contributed by atoms with van der Waals surface area (Å²) in [5, 5.41) is 2.22. The van der Waals surface area contributed by atoms with Crippen LogP contribution in [0.2, 0.25) is 0 Å². The Morgan fingerprint density at radius 3 is 2.34 bits per heavy atom. The number of rotatable bonds is 6. The van der Waals surface area contributed by atoms with Gasteiger partial charge in [-0.25, -0.2) is 9.97 Å². The van der Waals surface area contributed by atoms with Crippen LogP contribution in [0.15, 0.2) is 101 Å². The maximum absolute atomic E-state index is 12.4. The Labute approximate surface area is 216 Å². The lowest BCUT2D eigenvalue weighted by molar-refractivity contribution is 0.103.